The molecule has 1 amide bonds. The Balaban J connectivity index is 1.75. The normalized spacial score (nSPS) is 25.2. The van der Waals surface area contributed by atoms with Crippen LogP contribution in [0.1, 0.15) is 41.5 Å². The van der Waals surface area contributed by atoms with Gasteiger partial charge in [-0.2, -0.15) is 0 Å². The number of ether oxygens (including phenoxy) is 1. The van der Waals surface area contributed by atoms with E-state index in [9.17, 15) is 9.90 Å². The van der Waals surface area contributed by atoms with Crippen molar-refractivity contribution in [3.63, 3.8) is 0 Å². The second kappa shape index (κ2) is 9.93. The second-order valence-electron chi connectivity index (χ2n) is 12.4. The van der Waals surface area contributed by atoms with Crippen molar-refractivity contribution < 1.29 is 19.1 Å². The molecule has 4 atom stereocenters. The summed E-state index contributed by atoms with van der Waals surface area (Å²) in [6.45, 7) is 14.2. The van der Waals surface area contributed by atoms with Crippen LogP contribution in [0.2, 0.25) is 5.04 Å². The highest BCUT2D eigenvalue weighted by Gasteiger charge is 2.57. The van der Waals surface area contributed by atoms with Crippen LogP contribution in [0.15, 0.2) is 60.7 Å². The number of rotatable bonds is 5. The molecule has 6 nitrogen and oxygen atoms in total. The molecule has 2 aromatic rings. The summed E-state index contributed by atoms with van der Waals surface area (Å²) in [4.78, 5) is 17.1. The molecule has 2 aromatic carbocycles. The smallest absolute Gasteiger partial charge is 0.412 e. The van der Waals surface area contributed by atoms with Crippen molar-refractivity contribution in [1.82, 2.24) is 9.80 Å². The van der Waals surface area contributed by atoms with Crippen molar-refractivity contribution in [1.29, 1.82) is 0 Å². The summed E-state index contributed by atoms with van der Waals surface area (Å²) < 4.78 is 13.0. The van der Waals surface area contributed by atoms with Crippen molar-refractivity contribution in [2.45, 2.75) is 64.5 Å². The predicted molar refractivity (Wildman–Crippen MR) is 146 cm³/mol. The number of hydrogen-bond donors (Lipinski definition) is 1. The van der Waals surface area contributed by atoms with Crippen LogP contribution in [0, 0.1) is 11.8 Å². The third-order valence-electron chi connectivity index (χ3n) is 7.61. The van der Waals surface area contributed by atoms with Gasteiger partial charge in [0.15, 0.2) is 0 Å². The Labute approximate surface area is 217 Å². The molecule has 2 fully saturated rings. The van der Waals surface area contributed by atoms with E-state index >= 15 is 0 Å². The van der Waals surface area contributed by atoms with Crippen molar-refractivity contribution in [2.75, 3.05) is 26.7 Å². The van der Waals surface area contributed by atoms with E-state index in [2.05, 4.69) is 81.2 Å². The Morgan fingerprint density at radius 1 is 0.917 bits per heavy atom. The van der Waals surface area contributed by atoms with Crippen molar-refractivity contribution >= 4 is 24.8 Å². The molecular weight excluding hydrogens is 468 g/mol. The van der Waals surface area contributed by atoms with E-state index in [0.29, 0.717) is 6.61 Å². The fourth-order valence-electron chi connectivity index (χ4n) is 6.13. The zero-order valence-electron chi connectivity index (χ0n) is 22.8. The van der Waals surface area contributed by atoms with Gasteiger partial charge in [-0.3, -0.25) is 4.90 Å². The summed E-state index contributed by atoms with van der Waals surface area (Å²) in [7, 11) is -0.713. The van der Waals surface area contributed by atoms with Gasteiger partial charge in [0.25, 0.3) is 8.32 Å². The molecule has 196 valence electrons. The lowest BCUT2D eigenvalue weighted by Crippen LogP contribution is -2.67. The summed E-state index contributed by atoms with van der Waals surface area (Å²) in [6, 6.07) is 20.8. The average molecular weight is 511 g/mol. The number of likely N-dealkylation sites (tertiary alicyclic amines) is 2. The van der Waals surface area contributed by atoms with Crippen LogP contribution in [0.4, 0.5) is 4.79 Å². The van der Waals surface area contributed by atoms with E-state index in [1.807, 2.05) is 32.9 Å². The number of fused-ring (bicyclic) bond motifs is 1. The molecule has 0 saturated carbocycles. The highest BCUT2D eigenvalue weighted by molar-refractivity contribution is 6.99. The van der Waals surface area contributed by atoms with E-state index in [4.69, 9.17) is 9.16 Å². The topological polar surface area (TPSA) is 62.2 Å². The maximum Gasteiger partial charge on any atom is 0.412 e. The van der Waals surface area contributed by atoms with E-state index < -0.39 is 26.2 Å². The van der Waals surface area contributed by atoms with Gasteiger partial charge in [0.05, 0.1) is 12.6 Å². The number of carbonyl (C=O) groups excluding carboxylic acids is 1. The summed E-state index contributed by atoms with van der Waals surface area (Å²) in [5, 5.41) is 13.5. The number of amides is 1. The Morgan fingerprint density at radius 2 is 1.42 bits per heavy atom. The molecule has 2 aliphatic rings. The molecule has 0 aliphatic carbocycles. The number of benzene rings is 2. The molecule has 0 spiro atoms. The molecule has 0 bridgehead atoms. The highest BCUT2D eigenvalue weighted by atomic mass is 28.4. The lowest BCUT2D eigenvalue weighted by molar-refractivity contribution is -0.0425. The van der Waals surface area contributed by atoms with Gasteiger partial charge in [0, 0.05) is 24.9 Å². The number of nitrogens with zero attached hydrogens (tertiary/aromatic N) is 2. The Kier molecular flexibility index (Phi) is 7.41. The number of aliphatic hydroxyl groups excluding tert-OH is 1. The summed E-state index contributed by atoms with van der Waals surface area (Å²) in [5.74, 6) is 0.103. The third kappa shape index (κ3) is 4.99. The minimum absolute atomic E-state index is 0.0183. The summed E-state index contributed by atoms with van der Waals surface area (Å²) >= 11 is 0. The van der Waals surface area contributed by atoms with Gasteiger partial charge in [-0.1, -0.05) is 81.4 Å². The van der Waals surface area contributed by atoms with Crippen molar-refractivity contribution in [3.05, 3.63) is 60.7 Å². The van der Waals surface area contributed by atoms with Crippen molar-refractivity contribution in [2.24, 2.45) is 11.8 Å². The zero-order valence-corrected chi connectivity index (χ0v) is 23.8. The minimum Gasteiger partial charge on any atom is -0.444 e. The van der Waals surface area contributed by atoms with Crippen LogP contribution < -0.4 is 10.4 Å². The SMILES string of the molecule is CN1CC2C(C1)[C@@H](CO[Si](c1ccccc1)(c1ccccc1)C(C)(C)C)N(C(=O)OC(C)(C)C)C2O. The fourth-order valence-corrected chi connectivity index (χ4v) is 10.7. The first-order chi connectivity index (χ1) is 16.8. The van der Waals surface area contributed by atoms with Crippen LogP contribution in [0.5, 0.6) is 0 Å². The zero-order chi connectivity index (χ0) is 26.3. The Hall–Kier alpha value is -2.19. The fraction of sp³-hybridized carbons (Fsp3) is 0.552. The van der Waals surface area contributed by atoms with E-state index in [0.717, 1.165) is 13.1 Å². The molecule has 2 heterocycles. The lowest BCUT2D eigenvalue weighted by atomic mass is 9.94. The first-order valence-corrected chi connectivity index (χ1v) is 14.9. The molecule has 7 heteroatoms. The number of hydrogen-bond acceptors (Lipinski definition) is 5. The summed E-state index contributed by atoms with van der Waals surface area (Å²) in [5.41, 5.74) is -0.644. The van der Waals surface area contributed by atoms with E-state index in [-0.39, 0.29) is 22.9 Å². The van der Waals surface area contributed by atoms with Crippen LogP contribution in [0.3, 0.4) is 0 Å². The molecule has 1 N–H and O–H groups in total. The molecule has 3 unspecified atom stereocenters. The van der Waals surface area contributed by atoms with Gasteiger partial charge in [-0.15, -0.1) is 0 Å². The molecular formula is C29H42N2O4Si. The molecule has 36 heavy (non-hydrogen) atoms. The second-order valence-corrected chi connectivity index (χ2v) is 16.7. The molecule has 0 aromatic heterocycles. The van der Waals surface area contributed by atoms with Crippen molar-refractivity contribution in [3.8, 4) is 0 Å². The molecule has 4 rings (SSSR count). The highest BCUT2D eigenvalue weighted by Crippen LogP contribution is 2.42. The maximum atomic E-state index is 13.3. The first-order valence-electron chi connectivity index (χ1n) is 13.0. The third-order valence-corrected chi connectivity index (χ3v) is 12.6. The number of aliphatic hydroxyl groups is 1. The van der Waals surface area contributed by atoms with Crippen LogP contribution in [0.25, 0.3) is 0 Å². The summed E-state index contributed by atoms with van der Waals surface area (Å²) in [6.07, 6.45) is -1.36. The molecule has 2 saturated heterocycles. The quantitative estimate of drug-likeness (QED) is 0.622. The maximum absolute atomic E-state index is 13.3. The van der Waals surface area contributed by atoms with Gasteiger partial charge in [-0.05, 0) is 43.2 Å². The molecule has 2 aliphatic heterocycles. The standard InChI is InChI=1S/C29H42N2O4Si/c1-28(2,3)35-27(33)31-25(23-18-30(7)19-24(23)26(31)32)20-34-36(29(4,5)6,21-14-10-8-11-15-21)22-16-12-9-13-17-22/h8-17,23-26,32H,18-20H2,1-7H3/t23?,24?,25-,26?/m1/s1. The van der Waals surface area contributed by atoms with Crippen LogP contribution in [-0.4, -0.2) is 73.9 Å². The van der Waals surface area contributed by atoms with E-state index in [1.54, 1.807) is 4.90 Å². The molecule has 0 radical (unpaired) electrons. The van der Waals surface area contributed by atoms with Gasteiger partial charge in [-0.25, -0.2) is 4.79 Å². The predicted octanol–water partition coefficient (Wildman–Crippen LogP) is 3.68. The van der Waals surface area contributed by atoms with Crippen LogP contribution >= 0.6 is 0 Å². The van der Waals surface area contributed by atoms with E-state index in [1.165, 1.54) is 10.4 Å². The lowest BCUT2D eigenvalue weighted by Gasteiger charge is -2.44. The average Bonchev–Trinajstić information content (AvgIpc) is 3.29. The monoisotopic (exact) mass is 510 g/mol. The van der Waals surface area contributed by atoms with Gasteiger partial charge in [0.1, 0.15) is 11.8 Å². The van der Waals surface area contributed by atoms with Gasteiger partial charge < -0.3 is 19.2 Å². The largest absolute Gasteiger partial charge is 0.444 e. The van der Waals surface area contributed by atoms with Gasteiger partial charge >= 0.3 is 6.09 Å². The Morgan fingerprint density at radius 3 is 1.89 bits per heavy atom. The van der Waals surface area contributed by atoms with Gasteiger partial charge in [0.2, 0.25) is 0 Å². The van der Waals surface area contributed by atoms with Crippen LogP contribution in [-0.2, 0) is 9.16 Å². The number of carbonyl (C=O) groups is 1. The Bertz CT molecular complexity index is 995. The first kappa shape index (κ1) is 26.9. The minimum atomic E-state index is -2.79.